The molecule has 0 spiro atoms. The minimum absolute atomic E-state index is 0.381. The Morgan fingerprint density at radius 3 is 2.46 bits per heavy atom. The van der Waals surface area contributed by atoms with E-state index in [2.05, 4.69) is 92.3 Å². The van der Waals surface area contributed by atoms with Crippen molar-refractivity contribution in [3.63, 3.8) is 0 Å². The van der Waals surface area contributed by atoms with Crippen molar-refractivity contribution in [2.45, 2.75) is 47.2 Å². The molecule has 1 aromatic carbocycles. The van der Waals surface area contributed by atoms with Crippen LogP contribution in [-0.2, 0) is 6.42 Å². The van der Waals surface area contributed by atoms with Crippen LogP contribution in [0.25, 0.3) is 0 Å². The van der Waals surface area contributed by atoms with Crippen LogP contribution < -0.4 is 15.1 Å². The third-order valence-electron chi connectivity index (χ3n) is 5.08. The lowest BCUT2D eigenvalue weighted by molar-refractivity contribution is 0.283. The van der Waals surface area contributed by atoms with Crippen LogP contribution in [0, 0.1) is 11.8 Å². The molecular formula is C22H38N4. The summed E-state index contributed by atoms with van der Waals surface area (Å²) in [6, 6.07) is 6.81. The van der Waals surface area contributed by atoms with Gasteiger partial charge in [0.25, 0.3) is 0 Å². The third kappa shape index (κ3) is 4.53. The van der Waals surface area contributed by atoms with Crippen LogP contribution in [0.4, 0.5) is 11.4 Å². The van der Waals surface area contributed by atoms with E-state index in [4.69, 9.17) is 0 Å². The Morgan fingerprint density at radius 2 is 1.88 bits per heavy atom. The predicted molar refractivity (Wildman–Crippen MR) is 115 cm³/mol. The molecule has 4 nitrogen and oxygen atoms in total. The lowest BCUT2D eigenvalue weighted by Crippen LogP contribution is -2.41. The second-order valence-corrected chi connectivity index (χ2v) is 8.10. The van der Waals surface area contributed by atoms with E-state index in [9.17, 15) is 0 Å². The van der Waals surface area contributed by atoms with E-state index < -0.39 is 0 Å². The molecule has 1 unspecified atom stereocenters. The molecule has 0 saturated carbocycles. The number of anilines is 2. The highest BCUT2D eigenvalue weighted by molar-refractivity contribution is 5.69. The van der Waals surface area contributed by atoms with Gasteiger partial charge in [-0.05, 0) is 43.0 Å². The molecule has 1 aliphatic rings. The summed E-state index contributed by atoms with van der Waals surface area (Å²) in [5, 5.41) is 3.31. The first-order chi connectivity index (χ1) is 12.4. The number of hydrogen-bond acceptors (Lipinski definition) is 4. The molecule has 2 rings (SSSR count). The Hall–Kier alpha value is -1.68. The maximum atomic E-state index is 3.31. The first kappa shape index (κ1) is 20.6. The Kier molecular flexibility index (Phi) is 7.39. The van der Waals surface area contributed by atoms with E-state index in [1.165, 1.54) is 16.9 Å². The van der Waals surface area contributed by atoms with E-state index in [1.807, 2.05) is 7.05 Å². The standard InChI is InChI=1S/C22H38N4/c1-8-19-20(25(13-12-23-6)16-17(2)3)10-9-11-21(19)26-15-14-24(7)22(26)18(4)5/h9-11,14-15,17-18,22-23H,8,12-13,16H2,1-7H3. The van der Waals surface area contributed by atoms with Gasteiger partial charge in [-0.2, -0.15) is 0 Å². The zero-order valence-corrected chi connectivity index (χ0v) is 17.8. The molecule has 4 heteroatoms. The fraction of sp³-hybridized carbons (Fsp3) is 0.636. The number of likely N-dealkylation sites (N-methyl/N-ethyl adjacent to an activating group) is 1. The van der Waals surface area contributed by atoms with Crippen molar-refractivity contribution in [2.24, 2.45) is 11.8 Å². The maximum absolute atomic E-state index is 3.31. The zero-order valence-electron chi connectivity index (χ0n) is 17.8. The van der Waals surface area contributed by atoms with Gasteiger partial charge in [0.05, 0.1) is 0 Å². The van der Waals surface area contributed by atoms with Crippen molar-refractivity contribution in [3.8, 4) is 0 Å². The van der Waals surface area contributed by atoms with Gasteiger partial charge in [0.15, 0.2) is 0 Å². The van der Waals surface area contributed by atoms with E-state index in [0.29, 0.717) is 18.0 Å². The van der Waals surface area contributed by atoms with Crippen LogP contribution >= 0.6 is 0 Å². The lowest BCUT2D eigenvalue weighted by Gasteiger charge is -2.36. The van der Waals surface area contributed by atoms with Crippen LogP contribution in [-0.4, -0.2) is 44.8 Å². The van der Waals surface area contributed by atoms with E-state index in [1.54, 1.807) is 0 Å². The van der Waals surface area contributed by atoms with Crippen molar-refractivity contribution in [2.75, 3.05) is 43.5 Å². The molecule has 146 valence electrons. The summed E-state index contributed by atoms with van der Waals surface area (Å²) in [6.45, 7) is 14.6. The van der Waals surface area contributed by atoms with Gasteiger partial charge in [0, 0.05) is 50.5 Å². The molecular weight excluding hydrogens is 320 g/mol. The topological polar surface area (TPSA) is 21.8 Å². The SMILES string of the molecule is CCc1c(N(CCNC)CC(C)C)cccc1N1C=CN(C)C1C(C)C. The predicted octanol–water partition coefficient (Wildman–Crippen LogP) is 4.14. The molecule has 0 aromatic heterocycles. The fourth-order valence-electron chi connectivity index (χ4n) is 4.02. The second kappa shape index (κ2) is 9.31. The molecule has 26 heavy (non-hydrogen) atoms. The summed E-state index contributed by atoms with van der Waals surface area (Å²) in [5.74, 6) is 1.20. The molecule has 1 aliphatic heterocycles. The summed E-state index contributed by atoms with van der Waals surface area (Å²) in [6.07, 6.45) is 5.86. The molecule has 0 bridgehead atoms. The first-order valence-corrected chi connectivity index (χ1v) is 10.1. The largest absolute Gasteiger partial charge is 0.370 e. The number of benzene rings is 1. The molecule has 0 fully saturated rings. The summed E-state index contributed by atoms with van der Waals surface area (Å²) >= 11 is 0. The highest BCUT2D eigenvalue weighted by Gasteiger charge is 2.29. The molecule has 0 saturated heterocycles. The van der Waals surface area contributed by atoms with Gasteiger partial charge in [-0.25, -0.2) is 0 Å². The average Bonchev–Trinajstić information content (AvgIpc) is 2.99. The quantitative estimate of drug-likeness (QED) is 0.716. The van der Waals surface area contributed by atoms with Crippen LogP contribution in [0.5, 0.6) is 0 Å². The molecule has 1 atom stereocenters. The smallest absolute Gasteiger partial charge is 0.107 e. The molecule has 0 radical (unpaired) electrons. The summed E-state index contributed by atoms with van der Waals surface area (Å²) < 4.78 is 0. The number of rotatable bonds is 9. The molecule has 1 N–H and O–H groups in total. The van der Waals surface area contributed by atoms with Gasteiger partial charge in [-0.1, -0.05) is 40.7 Å². The lowest BCUT2D eigenvalue weighted by atomic mass is 10.0. The number of nitrogens with zero attached hydrogens (tertiary/aromatic N) is 3. The van der Waals surface area contributed by atoms with Crippen LogP contribution in [0.15, 0.2) is 30.6 Å². The van der Waals surface area contributed by atoms with Gasteiger partial charge >= 0.3 is 0 Å². The highest BCUT2D eigenvalue weighted by Crippen LogP contribution is 2.36. The van der Waals surface area contributed by atoms with Gasteiger partial charge in [0.1, 0.15) is 6.17 Å². The maximum Gasteiger partial charge on any atom is 0.107 e. The van der Waals surface area contributed by atoms with Gasteiger partial charge < -0.3 is 20.0 Å². The molecule has 1 heterocycles. The van der Waals surface area contributed by atoms with Gasteiger partial charge in [-0.15, -0.1) is 0 Å². The summed E-state index contributed by atoms with van der Waals surface area (Å²) in [5.41, 5.74) is 4.19. The zero-order chi connectivity index (χ0) is 19.3. The van der Waals surface area contributed by atoms with Crippen molar-refractivity contribution in [1.82, 2.24) is 10.2 Å². The van der Waals surface area contributed by atoms with Crippen molar-refractivity contribution >= 4 is 11.4 Å². The minimum atomic E-state index is 0.381. The van der Waals surface area contributed by atoms with Gasteiger partial charge in [-0.3, -0.25) is 0 Å². The van der Waals surface area contributed by atoms with E-state index in [-0.39, 0.29) is 0 Å². The van der Waals surface area contributed by atoms with Crippen LogP contribution in [0.2, 0.25) is 0 Å². The van der Waals surface area contributed by atoms with Crippen molar-refractivity contribution < 1.29 is 0 Å². The normalized spacial score (nSPS) is 17.0. The first-order valence-electron chi connectivity index (χ1n) is 10.1. The molecule has 1 aromatic rings. The Morgan fingerprint density at radius 1 is 1.15 bits per heavy atom. The molecule has 0 amide bonds. The number of hydrogen-bond donors (Lipinski definition) is 1. The average molecular weight is 359 g/mol. The third-order valence-corrected chi connectivity index (χ3v) is 5.08. The number of nitrogens with one attached hydrogen (secondary N) is 1. The van der Waals surface area contributed by atoms with Crippen LogP contribution in [0.3, 0.4) is 0 Å². The van der Waals surface area contributed by atoms with Crippen LogP contribution in [0.1, 0.15) is 40.2 Å². The Balaban J connectivity index is 2.43. The second-order valence-electron chi connectivity index (χ2n) is 8.10. The van der Waals surface area contributed by atoms with Crippen molar-refractivity contribution in [3.05, 3.63) is 36.2 Å². The van der Waals surface area contributed by atoms with E-state index >= 15 is 0 Å². The monoisotopic (exact) mass is 358 g/mol. The highest BCUT2D eigenvalue weighted by atomic mass is 15.4. The fourth-order valence-corrected chi connectivity index (χ4v) is 4.02. The summed E-state index contributed by atoms with van der Waals surface area (Å²) in [7, 11) is 4.21. The summed E-state index contributed by atoms with van der Waals surface area (Å²) in [4.78, 5) is 7.33. The van der Waals surface area contributed by atoms with Crippen molar-refractivity contribution in [1.29, 1.82) is 0 Å². The van der Waals surface area contributed by atoms with E-state index in [0.717, 1.165) is 26.1 Å². The minimum Gasteiger partial charge on any atom is -0.370 e. The Bertz CT molecular complexity index is 594. The molecule has 0 aliphatic carbocycles. The Labute approximate surface area is 160 Å². The van der Waals surface area contributed by atoms with Gasteiger partial charge in [0.2, 0.25) is 0 Å².